The lowest BCUT2D eigenvalue weighted by molar-refractivity contribution is -0.384. The largest absolute Gasteiger partial charge is 0.494 e. The fraction of sp³-hybridized carbons (Fsp3) is 0.304. The molecule has 1 N–H and O–H groups in total. The Morgan fingerprint density at radius 1 is 1.25 bits per heavy atom. The lowest BCUT2D eigenvalue weighted by Gasteiger charge is -2.27. The molecule has 2 aromatic heterocycles. The molecule has 0 unspecified atom stereocenters. The van der Waals surface area contributed by atoms with Crippen LogP contribution in [0.3, 0.4) is 0 Å². The minimum Gasteiger partial charge on any atom is -0.494 e. The number of benzene rings is 1. The third kappa shape index (κ3) is 3.58. The molecule has 0 bridgehead atoms. The second kappa shape index (κ2) is 8.58. The first kappa shape index (κ1) is 21.8. The second-order valence-electron chi connectivity index (χ2n) is 7.69. The molecule has 0 radical (unpaired) electrons. The van der Waals surface area contributed by atoms with E-state index in [-0.39, 0.29) is 17.8 Å². The molecule has 1 aliphatic heterocycles. The smallest absolute Gasteiger partial charge is 0.273 e. The summed E-state index contributed by atoms with van der Waals surface area (Å²) < 4.78 is 7.58. The molecule has 0 aliphatic carbocycles. The minimum absolute atomic E-state index is 0.00833. The first-order valence-electron chi connectivity index (χ1n) is 10.4. The molecule has 1 aliphatic rings. The molecule has 1 fully saturated rings. The summed E-state index contributed by atoms with van der Waals surface area (Å²) >= 11 is 5.64. The summed E-state index contributed by atoms with van der Waals surface area (Å²) in [6.07, 6.45) is 1.79. The van der Waals surface area contributed by atoms with Gasteiger partial charge in [-0.1, -0.05) is 6.07 Å². The van der Waals surface area contributed by atoms with Crippen molar-refractivity contribution in [1.82, 2.24) is 19.8 Å². The maximum atomic E-state index is 11.2. The molecule has 0 spiro atoms. The van der Waals surface area contributed by atoms with Gasteiger partial charge in [0.05, 0.1) is 41.6 Å². The van der Waals surface area contributed by atoms with E-state index in [9.17, 15) is 10.1 Å². The Morgan fingerprint density at radius 2 is 2.03 bits per heavy atom. The number of ether oxygens (including phenoxy) is 1. The first-order chi connectivity index (χ1) is 15.4. The van der Waals surface area contributed by atoms with E-state index in [2.05, 4.69) is 32.8 Å². The summed E-state index contributed by atoms with van der Waals surface area (Å²) in [5.74, 6) is 0.446. The molecule has 0 saturated carbocycles. The van der Waals surface area contributed by atoms with E-state index < -0.39 is 4.92 Å². The van der Waals surface area contributed by atoms with Gasteiger partial charge in [0, 0.05) is 30.2 Å². The van der Waals surface area contributed by atoms with Crippen molar-refractivity contribution < 1.29 is 9.66 Å². The van der Waals surface area contributed by atoms with E-state index in [0.717, 1.165) is 34.9 Å². The lowest BCUT2D eigenvalue weighted by Crippen LogP contribution is -2.29. The van der Waals surface area contributed by atoms with Crippen molar-refractivity contribution in [1.29, 1.82) is 0 Å². The van der Waals surface area contributed by atoms with Gasteiger partial charge in [0.1, 0.15) is 5.75 Å². The monoisotopic (exact) mass is 451 g/mol. The highest BCUT2D eigenvalue weighted by molar-refractivity contribution is 7.80. The number of aryl methyl sites for hydroxylation is 1. The van der Waals surface area contributed by atoms with Crippen LogP contribution >= 0.6 is 12.2 Å². The number of methoxy groups -OCH3 is 1. The standard InChI is InChI=1S/C23H25N5O3S/c1-5-26-22(21(25-23(26)32)18-8-6-7-11-24-18)17-12-14(2)27(15(17)3)19-10-9-16(28(29)30)13-20(19)31-4/h6-13,21-22H,5H2,1-4H3,(H,25,32)/t21-,22-/m1/s1. The quantitative estimate of drug-likeness (QED) is 0.338. The van der Waals surface area contributed by atoms with E-state index in [1.165, 1.54) is 19.2 Å². The SMILES string of the molecule is CCN1C(=S)N[C@H](c2ccccn2)[C@H]1c1cc(C)n(-c2ccc([N+](=O)[O-])cc2OC)c1C. The van der Waals surface area contributed by atoms with Crippen LogP contribution in [-0.2, 0) is 0 Å². The molecule has 0 amide bonds. The number of aromatic nitrogens is 2. The Hall–Kier alpha value is -3.46. The molecule has 1 saturated heterocycles. The molecule has 1 aromatic carbocycles. The normalized spacial score (nSPS) is 18.0. The van der Waals surface area contributed by atoms with Gasteiger partial charge in [0.15, 0.2) is 5.11 Å². The number of hydrogen-bond acceptors (Lipinski definition) is 5. The lowest BCUT2D eigenvalue weighted by atomic mass is 9.97. The number of nitrogens with one attached hydrogen (secondary N) is 1. The zero-order valence-electron chi connectivity index (χ0n) is 18.4. The second-order valence-corrected chi connectivity index (χ2v) is 8.07. The number of non-ortho nitro benzene ring substituents is 1. The summed E-state index contributed by atoms with van der Waals surface area (Å²) in [5.41, 5.74) is 4.81. The topological polar surface area (TPSA) is 85.5 Å². The third-order valence-electron chi connectivity index (χ3n) is 5.94. The summed E-state index contributed by atoms with van der Waals surface area (Å²) in [4.78, 5) is 17.5. The Kier molecular flexibility index (Phi) is 5.84. The van der Waals surface area contributed by atoms with E-state index in [4.69, 9.17) is 17.0 Å². The summed E-state index contributed by atoms with van der Waals surface area (Å²) in [5, 5.41) is 15.4. The van der Waals surface area contributed by atoms with Crippen molar-refractivity contribution in [2.75, 3.05) is 13.7 Å². The van der Waals surface area contributed by atoms with Gasteiger partial charge in [-0.15, -0.1) is 0 Å². The van der Waals surface area contributed by atoms with Gasteiger partial charge in [-0.05, 0) is 62.8 Å². The Balaban J connectivity index is 1.85. The molecule has 32 heavy (non-hydrogen) atoms. The molecule has 8 nitrogen and oxygen atoms in total. The number of pyridine rings is 1. The van der Waals surface area contributed by atoms with E-state index in [1.54, 1.807) is 12.3 Å². The number of hydrogen-bond donors (Lipinski definition) is 1. The average Bonchev–Trinajstić information content (AvgIpc) is 3.28. The molecule has 166 valence electrons. The number of rotatable bonds is 6. The van der Waals surface area contributed by atoms with Crippen LogP contribution in [0.2, 0.25) is 0 Å². The van der Waals surface area contributed by atoms with Crippen LogP contribution in [0.15, 0.2) is 48.7 Å². The number of thiocarbonyl (C=S) groups is 1. The number of likely N-dealkylation sites (N-methyl/N-ethyl adjacent to an activating group) is 1. The predicted molar refractivity (Wildman–Crippen MR) is 126 cm³/mol. The zero-order valence-corrected chi connectivity index (χ0v) is 19.2. The highest BCUT2D eigenvalue weighted by Gasteiger charge is 2.40. The molecule has 9 heteroatoms. The highest BCUT2D eigenvalue weighted by Crippen LogP contribution is 2.42. The van der Waals surface area contributed by atoms with Crippen LogP contribution in [0.1, 0.15) is 41.7 Å². The molecule has 2 atom stereocenters. The maximum Gasteiger partial charge on any atom is 0.273 e. The van der Waals surface area contributed by atoms with Gasteiger partial charge in [-0.3, -0.25) is 15.1 Å². The molecular formula is C23H25N5O3S. The Bertz CT molecular complexity index is 1180. The number of nitro groups is 1. The predicted octanol–water partition coefficient (Wildman–Crippen LogP) is 4.40. The minimum atomic E-state index is -0.422. The maximum absolute atomic E-state index is 11.2. The Labute approximate surface area is 192 Å². The first-order valence-corrected chi connectivity index (χ1v) is 10.8. The average molecular weight is 452 g/mol. The van der Waals surface area contributed by atoms with Gasteiger partial charge < -0.3 is 19.5 Å². The fourth-order valence-corrected chi connectivity index (χ4v) is 4.88. The van der Waals surface area contributed by atoms with Crippen LogP contribution < -0.4 is 10.1 Å². The van der Waals surface area contributed by atoms with Crippen molar-refractivity contribution in [3.05, 3.63) is 81.4 Å². The van der Waals surface area contributed by atoms with Gasteiger partial charge >= 0.3 is 0 Å². The molecule has 3 heterocycles. The highest BCUT2D eigenvalue weighted by atomic mass is 32.1. The zero-order chi connectivity index (χ0) is 23.0. The van der Waals surface area contributed by atoms with Crippen molar-refractivity contribution in [2.24, 2.45) is 0 Å². The molecule has 4 rings (SSSR count). The van der Waals surface area contributed by atoms with E-state index >= 15 is 0 Å². The van der Waals surface area contributed by atoms with Gasteiger partial charge in [-0.2, -0.15) is 0 Å². The fourth-order valence-electron chi connectivity index (χ4n) is 4.51. The van der Waals surface area contributed by atoms with Crippen LogP contribution in [0, 0.1) is 24.0 Å². The molecular weight excluding hydrogens is 426 g/mol. The third-order valence-corrected chi connectivity index (χ3v) is 6.29. The molecule has 3 aromatic rings. The van der Waals surface area contributed by atoms with Crippen molar-refractivity contribution in [3.63, 3.8) is 0 Å². The summed E-state index contributed by atoms with van der Waals surface area (Å²) in [6, 6.07) is 12.6. The van der Waals surface area contributed by atoms with E-state index in [0.29, 0.717) is 10.9 Å². The van der Waals surface area contributed by atoms with E-state index in [1.807, 2.05) is 32.0 Å². The van der Waals surface area contributed by atoms with Gasteiger partial charge in [-0.25, -0.2) is 0 Å². The van der Waals surface area contributed by atoms with Crippen LogP contribution in [0.4, 0.5) is 5.69 Å². The summed E-state index contributed by atoms with van der Waals surface area (Å²) in [6.45, 7) is 6.91. The van der Waals surface area contributed by atoms with Crippen LogP contribution in [-0.4, -0.2) is 38.1 Å². The van der Waals surface area contributed by atoms with Crippen LogP contribution in [0.25, 0.3) is 5.69 Å². The van der Waals surface area contributed by atoms with Gasteiger partial charge in [0.25, 0.3) is 5.69 Å². The van der Waals surface area contributed by atoms with Crippen molar-refractivity contribution >= 4 is 23.0 Å². The summed E-state index contributed by atoms with van der Waals surface area (Å²) in [7, 11) is 1.52. The number of nitrogens with zero attached hydrogens (tertiary/aromatic N) is 4. The van der Waals surface area contributed by atoms with Crippen molar-refractivity contribution in [3.8, 4) is 11.4 Å². The number of nitro benzene ring substituents is 1. The Morgan fingerprint density at radius 3 is 2.66 bits per heavy atom. The van der Waals surface area contributed by atoms with Crippen molar-refractivity contribution in [2.45, 2.75) is 32.9 Å². The van der Waals surface area contributed by atoms with Gasteiger partial charge in [0.2, 0.25) is 0 Å². The van der Waals surface area contributed by atoms with Crippen LogP contribution in [0.5, 0.6) is 5.75 Å².